The topological polar surface area (TPSA) is 85.8 Å². The van der Waals surface area contributed by atoms with Crippen LogP contribution in [0.4, 0.5) is 5.82 Å². The molecule has 1 aromatic rings. The Hall–Kier alpha value is -1.59. The van der Waals surface area contributed by atoms with Gasteiger partial charge in [-0.1, -0.05) is 0 Å². The van der Waals surface area contributed by atoms with Gasteiger partial charge in [-0.05, 0) is 6.92 Å². The van der Waals surface area contributed by atoms with Gasteiger partial charge in [0.1, 0.15) is 6.54 Å². The molecule has 0 atom stereocenters. The van der Waals surface area contributed by atoms with Gasteiger partial charge in [0.05, 0.1) is 6.20 Å². The van der Waals surface area contributed by atoms with Crippen molar-refractivity contribution in [3.05, 3.63) is 6.20 Å². The Bertz CT molecular complexity index is 269. The number of carbonyl (C=O) groups is 1. The molecule has 1 heterocycles. The highest BCUT2D eigenvalue weighted by Crippen LogP contribution is 1.89. The highest BCUT2D eigenvalue weighted by Gasteiger charge is 2.02. The van der Waals surface area contributed by atoms with Crippen molar-refractivity contribution < 1.29 is 4.79 Å². The lowest BCUT2D eigenvalue weighted by atomic mass is 10.6. The number of nitrogens with zero attached hydrogens (tertiary/aromatic N) is 3. The van der Waals surface area contributed by atoms with E-state index >= 15 is 0 Å². The lowest BCUT2D eigenvalue weighted by molar-refractivity contribution is -0.121. The number of amides is 1. The SMILES string of the molecule is CCNC(=O)Cn1ncc(N)n1. The Balaban J connectivity index is 2.46. The van der Waals surface area contributed by atoms with Gasteiger partial charge in [-0.25, -0.2) is 0 Å². The molecule has 1 rings (SSSR count). The van der Waals surface area contributed by atoms with Crippen LogP contribution in [0, 0.1) is 0 Å². The monoisotopic (exact) mass is 169 g/mol. The molecule has 66 valence electrons. The Kier molecular flexibility index (Phi) is 2.62. The molecule has 6 heteroatoms. The number of hydrogen-bond acceptors (Lipinski definition) is 4. The van der Waals surface area contributed by atoms with E-state index < -0.39 is 0 Å². The van der Waals surface area contributed by atoms with Gasteiger partial charge in [-0.2, -0.15) is 9.90 Å². The molecule has 1 amide bonds. The van der Waals surface area contributed by atoms with Crippen LogP contribution in [-0.2, 0) is 11.3 Å². The predicted molar refractivity (Wildman–Crippen MR) is 43.1 cm³/mol. The zero-order valence-electron chi connectivity index (χ0n) is 6.82. The van der Waals surface area contributed by atoms with Crippen LogP contribution >= 0.6 is 0 Å². The maximum Gasteiger partial charge on any atom is 0.243 e. The van der Waals surface area contributed by atoms with Crippen molar-refractivity contribution in [1.29, 1.82) is 0 Å². The van der Waals surface area contributed by atoms with Crippen LogP contribution in [0.3, 0.4) is 0 Å². The second-order valence-corrected chi connectivity index (χ2v) is 2.25. The number of nitrogens with one attached hydrogen (secondary N) is 1. The van der Waals surface area contributed by atoms with Gasteiger partial charge in [0.25, 0.3) is 0 Å². The first-order chi connectivity index (χ1) is 5.72. The summed E-state index contributed by atoms with van der Waals surface area (Å²) in [5.41, 5.74) is 5.30. The molecule has 0 saturated carbocycles. The standard InChI is InChI=1S/C6H11N5O/c1-2-8-6(12)4-11-9-3-5(7)10-11/h3H,2,4H2,1H3,(H2,7,10)(H,8,12). The third-order valence-corrected chi connectivity index (χ3v) is 1.21. The average molecular weight is 169 g/mol. The van der Waals surface area contributed by atoms with E-state index in [2.05, 4.69) is 15.5 Å². The minimum Gasteiger partial charge on any atom is -0.381 e. The maximum atomic E-state index is 11.0. The van der Waals surface area contributed by atoms with Crippen molar-refractivity contribution >= 4 is 11.7 Å². The number of carbonyl (C=O) groups excluding carboxylic acids is 1. The molecule has 1 aromatic heterocycles. The molecule has 0 radical (unpaired) electrons. The Morgan fingerprint density at radius 2 is 2.58 bits per heavy atom. The number of likely N-dealkylation sites (N-methyl/N-ethyl adjacent to an activating group) is 1. The molecule has 0 bridgehead atoms. The quantitative estimate of drug-likeness (QED) is 0.607. The molecule has 0 aliphatic heterocycles. The van der Waals surface area contributed by atoms with Gasteiger partial charge in [0.15, 0.2) is 5.82 Å². The van der Waals surface area contributed by atoms with Crippen LogP contribution in [0.2, 0.25) is 0 Å². The summed E-state index contributed by atoms with van der Waals surface area (Å²) in [5, 5.41) is 10.1. The van der Waals surface area contributed by atoms with Gasteiger partial charge in [-0.3, -0.25) is 4.79 Å². The fraction of sp³-hybridized carbons (Fsp3) is 0.500. The number of anilines is 1. The molecule has 0 saturated heterocycles. The lowest BCUT2D eigenvalue weighted by Crippen LogP contribution is -2.28. The first-order valence-corrected chi connectivity index (χ1v) is 3.64. The van der Waals surface area contributed by atoms with Gasteiger partial charge in [0, 0.05) is 6.54 Å². The van der Waals surface area contributed by atoms with Crippen LogP contribution < -0.4 is 11.1 Å². The number of nitrogens with two attached hydrogens (primary N) is 1. The van der Waals surface area contributed by atoms with E-state index in [0.29, 0.717) is 12.4 Å². The molecule has 0 aromatic carbocycles. The van der Waals surface area contributed by atoms with Crippen molar-refractivity contribution in [1.82, 2.24) is 20.3 Å². The third-order valence-electron chi connectivity index (χ3n) is 1.21. The number of aromatic nitrogens is 3. The van der Waals surface area contributed by atoms with E-state index in [0.717, 1.165) is 0 Å². The van der Waals surface area contributed by atoms with Gasteiger partial charge in [-0.15, -0.1) is 5.10 Å². The van der Waals surface area contributed by atoms with E-state index in [-0.39, 0.29) is 12.5 Å². The number of nitrogen functional groups attached to an aromatic ring is 1. The molecule has 0 unspecified atom stereocenters. The summed E-state index contributed by atoms with van der Waals surface area (Å²) in [6, 6.07) is 0. The van der Waals surface area contributed by atoms with Crippen molar-refractivity contribution in [2.24, 2.45) is 0 Å². The summed E-state index contributed by atoms with van der Waals surface area (Å²) in [4.78, 5) is 12.2. The Morgan fingerprint density at radius 3 is 3.08 bits per heavy atom. The van der Waals surface area contributed by atoms with E-state index in [1.54, 1.807) is 0 Å². The fourth-order valence-electron chi connectivity index (χ4n) is 0.768. The van der Waals surface area contributed by atoms with E-state index in [4.69, 9.17) is 5.73 Å². The van der Waals surface area contributed by atoms with Gasteiger partial charge in [0.2, 0.25) is 5.91 Å². The molecule has 0 fully saturated rings. The number of hydrogen-bond donors (Lipinski definition) is 2. The van der Waals surface area contributed by atoms with Gasteiger partial charge < -0.3 is 11.1 Å². The zero-order chi connectivity index (χ0) is 8.97. The summed E-state index contributed by atoms with van der Waals surface area (Å²) in [5.74, 6) is 0.201. The predicted octanol–water partition coefficient (Wildman–Crippen LogP) is -1.00. The largest absolute Gasteiger partial charge is 0.381 e. The third kappa shape index (κ3) is 2.22. The van der Waals surface area contributed by atoms with Crippen LogP contribution in [-0.4, -0.2) is 27.4 Å². The highest BCUT2D eigenvalue weighted by atomic mass is 16.2. The Morgan fingerprint density at radius 1 is 1.83 bits per heavy atom. The van der Waals surface area contributed by atoms with Crippen LogP contribution in [0.25, 0.3) is 0 Å². The first kappa shape index (κ1) is 8.51. The molecule has 12 heavy (non-hydrogen) atoms. The van der Waals surface area contributed by atoms with Crippen molar-refractivity contribution in [2.45, 2.75) is 13.5 Å². The summed E-state index contributed by atoms with van der Waals surface area (Å²) in [6.45, 7) is 2.57. The minimum absolute atomic E-state index is 0.116. The minimum atomic E-state index is -0.117. The molecule has 0 aliphatic rings. The van der Waals surface area contributed by atoms with Crippen LogP contribution in [0.15, 0.2) is 6.20 Å². The summed E-state index contributed by atoms with van der Waals surface area (Å²) in [7, 11) is 0. The molecular formula is C6H11N5O. The maximum absolute atomic E-state index is 11.0. The summed E-state index contributed by atoms with van der Waals surface area (Å²) in [6.07, 6.45) is 1.40. The molecule has 3 N–H and O–H groups in total. The zero-order valence-corrected chi connectivity index (χ0v) is 6.82. The normalized spacial score (nSPS) is 9.75. The Labute approximate surface area is 69.7 Å². The molecular weight excluding hydrogens is 158 g/mol. The van der Waals surface area contributed by atoms with E-state index in [1.165, 1.54) is 11.0 Å². The first-order valence-electron chi connectivity index (χ1n) is 3.64. The summed E-state index contributed by atoms with van der Waals surface area (Å²) >= 11 is 0. The van der Waals surface area contributed by atoms with Crippen molar-refractivity contribution in [3.8, 4) is 0 Å². The molecule has 6 nitrogen and oxygen atoms in total. The second kappa shape index (κ2) is 3.70. The highest BCUT2D eigenvalue weighted by molar-refractivity contribution is 5.75. The lowest BCUT2D eigenvalue weighted by Gasteiger charge is -1.99. The van der Waals surface area contributed by atoms with Crippen LogP contribution in [0.1, 0.15) is 6.92 Å². The average Bonchev–Trinajstić information content (AvgIpc) is 2.36. The molecule has 0 aliphatic carbocycles. The second-order valence-electron chi connectivity index (χ2n) is 2.25. The van der Waals surface area contributed by atoms with Gasteiger partial charge >= 0.3 is 0 Å². The fourth-order valence-corrected chi connectivity index (χ4v) is 0.768. The number of rotatable bonds is 3. The summed E-state index contributed by atoms with van der Waals surface area (Å²) < 4.78 is 0. The van der Waals surface area contributed by atoms with Crippen LogP contribution in [0.5, 0.6) is 0 Å². The smallest absolute Gasteiger partial charge is 0.243 e. The van der Waals surface area contributed by atoms with E-state index in [9.17, 15) is 4.79 Å². The van der Waals surface area contributed by atoms with Crippen molar-refractivity contribution in [3.63, 3.8) is 0 Å². The molecule has 0 spiro atoms. The van der Waals surface area contributed by atoms with E-state index in [1.807, 2.05) is 6.92 Å². The van der Waals surface area contributed by atoms with Crippen molar-refractivity contribution in [2.75, 3.05) is 12.3 Å².